The van der Waals surface area contributed by atoms with Crippen molar-refractivity contribution in [3.63, 3.8) is 0 Å². The molecule has 1 aliphatic carbocycles. The van der Waals surface area contributed by atoms with Gasteiger partial charge in [-0.2, -0.15) is 0 Å². The Morgan fingerprint density at radius 3 is 3.08 bits per heavy atom. The molecule has 66 valence electrons. The maximum Gasteiger partial charge on any atom is 0.273 e. The molecular weight excluding hydrogens is 172 g/mol. The van der Waals surface area contributed by atoms with Crippen LogP contribution in [0.2, 0.25) is 0 Å². The zero-order valence-corrected chi connectivity index (χ0v) is 7.86. The highest BCUT2D eigenvalue weighted by Gasteiger charge is 2.42. The summed E-state index contributed by atoms with van der Waals surface area (Å²) in [7, 11) is 0. The second-order valence-corrected chi connectivity index (χ2v) is 3.91. The van der Waals surface area contributed by atoms with Crippen molar-refractivity contribution in [1.29, 1.82) is 0 Å². The molecule has 1 aromatic rings. The van der Waals surface area contributed by atoms with Crippen LogP contribution in [0.5, 0.6) is 5.19 Å². The average Bonchev–Trinajstić information content (AvgIpc) is 2.64. The molecule has 0 saturated heterocycles. The van der Waals surface area contributed by atoms with Gasteiger partial charge >= 0.3 is 0 Å². The summed E-state index contributed by atoms with van der Waals surface area (Å²) in [5, 5.41) is 2.74. The van der Waals surface area contributed by atoms with Gasteiger partial charge in [-0.25, -0.2) is 4.98 Å². The van der Waals surface area contributed by atoms with Gasteiger partial charge in [-0.15, -0.1) is 0 Å². The van der Waals surface area contributed by atoms with Crippen LogP contribution in [-0.4, -0.2) is 11.6 Å². The Labute approximate surface area is 75.6 Å². The Morgan fingerprint density at radius 1 is 1.75 bits per heavy atom. The quantitative estimate of drug-likeness (QED) is 0.774. The number of rotatable bonds is 3. The van der Waals surface area contributed by atoms with Crippen LogP contribution in [0.3, 0.4) is 0 Å². The first-order valence-corrected chi connectivity index (χ1v) is 5.00. The summed E-state index contributed by atoms with van der Waals surface area (Å²) in [4.78, 5) is 4.31. The molecule has 4 heteroatoms. The molecule has 0 atom stereocenters. The first-order chi connectivity index (χ1) is 5.74. The lowest BCUT2D eigenvalue weighted by molar-refractivity contribution is 0.337. The predicted octanol–water partition coefficient (Wildman–Crippen LogP) is 1.49. The molecule has 1 heterocycles. The summed E-state index contributed by atoms with van der Waals surface area (Å²) in [6.07, 6.45) is 2.12. The standard InChI is InChI=1S/C8H12N2OS/c1-2-11-7-10-6(5-12-7)8(9)3-4-8/h5H,2-4,9H2,1H3. The van der Waals surface area contributed by atoms with E-state index in [-0.39, 0.29) is 5.54 Å². The van der Waals surface area contributed by atoms with Crippen molar-refractivity contribution in [3.8, 4) is 5.19 Å². The third-order valence-electron chi connectivity index (χ3n) is 2.05. The van der Waals surface area contributed by atoms with Crippen molar-refractivity contribution < 1.29 is 4.74 Å². The molecule has 3 nitrogen and oxygen atoms in total. The third-order valence-corrected chi connectivity index (χ3v) is 2.80. The van der Waals surface area contributed by atoms with Gasteiger partial charge in [0.25, 0.3) is 5.19 Å². The van der Waals surface area contributed by atoms with Crippen molar-refractivity contribution in [2.24, 2.45) is 5.73 Å². The molecule has 2 rings (SSSR count). The second-order valence-electron chi connectivity index (χ2n) is 3.09. The predicted molar refractivity (Wildman–Crippen MR) is 48.4 cm³/mol. The van der Waals surface area contributed by atoms with E-state index < -0.39 is 0 Å². The van der Waals surface area contributed by atoms with Crippen LogP contribution in [0.4, 0.5) is 0 Å². The number of thiazole rings is 1. The Kier molecular flexibility index (Phi) is 1.81. The fraction of sp³-hybridized carbons (Fsp3) is 0.625. The van der Waals surface area contributed by atoms with Gasteiger partial charge < -0.3 is 10.5 Å². The minimum atomic E-state index is -0.119. The molecule has 1 aliphatic rings. The van der Waals surface area contributed by atoms with Gasteiger partial charge in [0.1, 0.15) is 0 Å². The van der Waals surface area contributed by atoms with E-state index in [1.54, 1.807) is 0 Å². The third kappa shape index (κ3) is 1.32. The maximum absolute atomic E-state index is 5.97. The number of ether oxygens (including phenoxy) is 1. The van der Waals surface area contributed by atoms with E-state index in [2.05, 4.69) is 4.98 Å². The molecule has 0 aliphatic heterocycles. The van der Waals surface area contributed by atoms with Gasteiger partial charge in [0, 0.05) is 5.38 Å². The molecule has 0 radical (unpaired) electrons. The van der Waals surface area contributed by atoms with E-state index >= 15 is 0 Å². The summed E-state index contributed by atoms with van der Waals surface area (Å²) in [6, 6.07) is 0. The molecule has 2 N–H and O–H groups in total. The lowest BCUT2D eigenvalue weighted by Crippen LogP contribution is -2.18. The molecule has 0 bridgehead atoms. The van der Waals surface area contributed by atoms with Gasteiger partial charge in [0.15, 0.2) is 0 Å². The first-order valence-electron chi connectivity index (χ1n) is 4.12. The van der Waals surface area contributed by atoms with E-state index in [4.69, 9.17) is 10.5 Å². The van der Waals surface area contributed by atoms with Gasteiger partial charge in [-0.3, -0.25) is 0 Å². The second kappa shape index (κ2) is 2.71. The molecule has 0 unspecified atom stereocenters. The summed E-state index contributed by atoms with van der Waals surface area (Å²) >= 11 is 1.53. The molecule has 0 spiro atoms. The topological polar surface area (TPSA) is 48.1 Å². The van der Waals surface area contributed by atoms with Crippen molar-refractivity contribution in [2.45, 2.75) is 25.3 Å². The van der Waals surface area contributed by atoms with Crippen LogP contribution in [-0.2, 0) is 5.54 Å². The lowest BCUT2D eigenvalue weighted by atomic mass is 10.2. The van der Waals surface area contributed by atoms with Crippen LogP contribution in [0.25, 0.3) is 0 Å². The van der Waals surface area contributed by atoms with Crippen LogP contribution in [0.1, 0.15) is 25.5 Å². The Hall–Kier alpha value is -0.610. The van der Waals surface area contributed by atoms with Crippen molar-refractivity contribution in [3.05, 3.63) is 11.1 Å². The molecule has 0 amide bonds. The van der Waals surface area contributed by atoms with Crippen LogP contribution < -0.4 is 10.5 Å². The van der Waals surface area contributed by atoms with Crippen LogP contribution in [0, 0.1) is 0 Å². The number of nitrogens with two attached hydrogens (primary N) is 1. The van der Waals surface area contributed by atoms with E-state index in [1.807, 2.05) is 12.3 Å². The van der Waals surface area contributed by atoms with Crippen LogP contribution >= 0.6 is 11.3 Å². The maximum atomic E-state index is 5.97. The largest absolute Gasteiger partial charge is 0.470 e. The summed E-state index contributed by atoms with van der Waals surface area (Å²) in [5.41, 5.74) is 6.84. The highest BCUT2D eigenvalue weighted by molar-refractivity contribution is 7.11. The minimum Gasteiger partial charge on any atom is -0.470 e. The Bertz CT molecular complexity index is 280. The van der Waals surface area contributed by atoms with Gasteiger partial charge in [-0.05, 0) is 19.8 Å². The van der Waals surface area contributed by atoms with Gasteiger partial charge in [0.05, 0.1) is 17.8 Å². The first kappa shape index (κ1) is 8.01. The summed E-state index contributed by atoms with van der Waals surface area (Å²) in [6.45, 7) is 2.63. The van der Waals surface area contributed by atoms with Crippen molar-refractivity contribution in [2.75, 3.05) is 6.61 Å². The Morgan fingerprint density at radius 2 is 2.50 bits per heavy atom. The molecule has 0 aromatic carbocycles. The normalized spacial score (nSPS) is 19.2. The summed E-state index contributed by atoms with van der Waals surface area (Å²) < 4.78 is 5.26. The molecule has 1 fully saturated rings. The summed E-state index contributed by atoms with van der Waals surface area (Å²) in [5.74, 6) is 0. The van der Waals surface area contributed by atoms with Gasteiger partial charge in [0.2, 0.25) is 0 Å². The van der Waals surface area contributed by atoms with Crippen LogP contribution in [0.15, 0.2) is 5.38 Å². The van der Waals surface area contributed by atoms with Crippen molar-refractivity contribution in [1.82, 2.24) is 4.98 Å². The molecule has 1 saturated carbocycles. The van der Waals surface area contributed by atoms with E-state index in [0.717, 1.165) is 23.7 Å². The zero-order chi connectivity index (χ0) is 8.60. The highest BCUT2D eigenvalue weighted by Crippen LogP contribution is 2.43. The fourth-order valence-electron chi connectivity index (χ4n) is 1.07. The number of nitrogens with zero attached hydrogens (tertiary/aromatic N) is 1. The average molecular weight is 184 g/mol. The smallest absolute Gasteiger partial charge is 0.273 e. The minimum absolute atomic E-state index is 0.119. The zero-order valence-electron chi connectivity index (χ0n) is 7.04. The number of hydrogen-bond donors (Lipinski definition) is 1. The molecular formula is C8H12N2OS. The Balaban J connectivity index is 2.13. The van der Waals surface area contributed by atoms with E-state index in [1.165, 1.54) is 11.3 Å². The molecule has 12 heavy (non-hydrogen) atoms. The monoisotopic (exact) mass is 184 g/mol. The fourth-order valence-corrected chi connectivity index (χ4v) is 1.90. The number of hydrogen-bond acceptors (Lipinski definition) is 4. The molecule has 1 aromatic heterocycles. The highest BCUT2D eigenvalue weighted by atomic mass is 32.1. The van der Waals surface area contributed by atoms with E-state index in [0.29, 0.717) is 6.61 Å². The SMILES string of the molecule is CCOc1nc(C2(N)CC2)cs1. The van der Waals surface area contributed by atoms with Gasteiger partial charge in [-0.1, -0.05) is 11.3 Å². The lowest BCUT2D eigenvalue weighted by Gasteiger charge is -2.01. The number of aromatic nitrogens is 1. The van der Waals surface area contributed by atoms with Crippen molar-refractivity contribution >= 4 is 11.3 Å². The van der Waals surface area contributed by atoms with E-state index in [9.17, 15) is 0 Å².